The molecule has 0 spiro atoms. The van der Waals surface area contributed by atoms with Gasteiger partial charge in [-0.15, -0.1) is 0 Å². The normalized spacial score (nSPS) is 12.3. The zero-order valence-corrected chi connectivity index (χ0v) is 10.9. The molecule has 17 heavy (non-hydrogen) atoms. The summed E-state index contributed by atoms with van der Waals surface area (Å²) in [4.78, 5) is 16.1. The van der Waals surface area contributed by atoms with E-state index in [1.165, 1.54) is 0 Å². The number of amides is 1. The second kappa shape index (κ2) is 6.23. The van der Waals surface area contributed by atoms with E-state index in [1.54, 1.807) is 25.4 Å². The van der Waals surface area contributed by atoms with Gasteiger partial charge in [-0.2, -0.15) is 0 Å². The molecule has 1 atom stereocenters. The Morgan fingerprint density at radius 2 is 2.18 bits per heavy atom. The van der Waals surface area contributed by atoms with Gasteiger partial charge in [-0.1, -0.05) is 20.8 Å². The van der Waals surface area contributed by atoms with E-state index in [2.05, 4.69) is 36.4 Å². The maximum atomic E-state index is 12.0. The van der Waals surface area contributed by atoms with E-state index < -0.39 is 0 Å². The van der Waals surface area contributed by atoms with Crippen LogP contribution in [-0.4, -0.2) is 24.0 Å². The summed E-state index contributed by atoms with van der Waals surface area (Å²) in [6.07, 6.45) is 2.57. The maximum Gasteiger partial charge on any atom is 0.251 e. The summed E-state index contributed by atoms with van der Waals surface area (Å²) in [6, 6.07) is 3.69. The average molecular weight is 235 g/mol. The molecule has 0 aromatic carbocycles. The van der Waals surface area contributed by atoms with Gasteiger partial charge < -0.3 is 10.6 Å². The number of aromatic nitrogens is 1. The van der Waals surface area contributed by atoms with Crippen LogP contribution < -0.4 is 10.6 Å². The van der Waals surface area contributed by atoms with Crippen LogP contribution in [0.2, 0.25) is 0 Å². The third-order valence-electron chi connectivity index (χ3n) is 2.84. The first-order chi connectivity index (χ1) is 8.08. The van der Waals surface area contributed by atoms with Crippen molar-refractivity contribution in [2.24, 2.45) is 5.92 Å². The van der Waals surface area contributed by atoms with Crippen LogP contribution in [0.5, 0.6) is 0 Å². The molecule has 1 unspecified atom stereocenters. The lowest BCUT2D eigenvalue weighted by atomic mass is 10.0. The second-order valence-electron chi connectivity index (χ2n) is 4.41. The SMILES string of the molecule is CCC(NC(=O)c1ccnc(NC)c1)C(C)C. The Morgan fingerprint density at radius 3 is 2.71 bits per heavy atom. The summed E-state index contributed by atoms with van der Waals surface area (Å²) in [5, 5.41) is 5.96. The fourth-order valence-corrected chi connectivity index (χ4v) is 1.70. The van der Waals surface area contributed by atoms with Gasteiger partial charge in [0.05, 0.1) is 0 Å². The van der Waals surface area contributed by atoms with Crippen molar-refractivity contribution in [2.45, 2.75) is 33.2 Å². The summed E-state index contributed by atoms with van der Waals surface area (Å²) in [6.45, 7) is 6.30. The summed E-state index contributed by atoms with van der Waals surface area (Å²) in [7, 11) is 1.78. The monoisotopic (exact) mass is 235 g/mol. The van der Waals surface area contributed by atoms with Crippen LogP contribution >= 0.6 is 0 Å². The molecule has 0 bridgehead atoms. The minimum atomic E-state index is -0.0375. The first-order valence-corrected chi connectivity index (χ1v) is 6.03. The molecule has 0 saturated heterocycles. The van der Waals surface area contributed by atoms with Gasteiger partial charge in [0.1, 0.15) is 5.82 Å². The Hall–Kier alpha value is -1.58. The highest BCUT2D eigenvalue weighted by Crippen LogP contribution is 2.09. The molecule has 0 aliphatic heterocycles. The second-order valence-corrected chi connectivity index (χ2v) is 4.41. The third-order valence-corrected chi connectivity index (χ3v) is 2.84. The largest absolute Gasteiger partial charge is 0.373 e. The van der Waals surface area contributed by atoms with E-state index in [0.29, 0.717) is 17.3 Å². The minimum absolute atomic E-state index is 0.0375. The molecule has 1 heterocycles. The number of carbonyl (C=O) groups excluding carboxylic acids is 1. The molecule has 1 aromatic rings. The Morgan fingerprint density at radius 1 is 1.47 bits per heavy atom. The van der Waals surface area contributed by atoms with Crippen LogP contribution in [0.25, 0.3) is 0 Å². The molecule has 0 aliphatic carbocycles. The number of carbonyl (C=O) groups is 1. The predicted octanol–water partition coefficient (Wildman–Crippen LogP) is 2.29. The van der Waals surface area contributed by atoms with Gasteiger partial charge in [0.15, 0.2) is 0 Å². The fourth-order valence-electron chi connectivity index (χ4n) is 1.70. The molecule has 4 nitrogen and oxygen atoms in total. The Bertz CT molecular complexity index is 377. The van der Waals surface area contributed by atoms with Crippen LogP contribution in [0.3, 0.4) is 0 Å². The molecule has 1 amide bonds. The van der Waals surface area contributed by atoms with Crippen LogP contribution in [0.1, 0.15) is 37.6 Å². The van der Waals surface area contributed by atoms with Crippen molar-refractivity contribution in [3.05, 3.63) is 23.9 Å². The summed E-state index contributed by atoms with van der Waals surface area (Å²) < 4.78 is 0. The van der Waals surface area contributed by atoms with Gasteiger partial charge in [-0.25, -0.2) is 4.98 Å². The van der Waals surface area contributed by atoms with Crippen molar-refractivity contribution in [3.63, 3.8) is 0 Å². The smallest absolute Gasteiger partial charge is 0.251 e. The van der Waals surface area contributed by atoms with Crippen LogP contribution in [0.15, 0.2) is 18.3 Å². The van der Waals surface area contributed by atoms with E-state index in [4.69, 9.17) is 0 Å². The first kappa shape index (κ1) is 13.5. The van der Waals surface area contributed by atoms with Gasteiger partial charge in [0.25, 0.3) is 5.91 Å². The Balaban J connectivity index is 2.75. The molecular weight excluding hydrogens is 214 g/mol. The highest BCUT2D eigenvalue weighted by Gasteiger charge is 2.15. The number of hydrogen-bond donors (Lipinski definition) is 2. The lowest BCUT2D eigenvalue weighted by Gasteiger charge is -2.20. The number of anilines is 1. The van der Waals surface area contributed by atoms with Gasteiger partial charge in [0, 0.05) is 24.8 Å². The molecule has 0 saturated carbocycles. The topological polar surface area (TPSA) is 54.0 Å². The van der Waals surface area contributed by atoms with Crippen LogP contribution in [-0.2, 0) is 0 Å². The van der Waals surface area contributed by atoms with E-state index in [0.717, 1.165) is 6.42 Å². The molecule has 0 aliphatic rings. The summed E-state index contributed by atoms with van der Waals surface area (Å²) in [5.41, 5.74) is 0.642. The maximum absolute atomic E-state index is 12.0. The standard InChI is InChI=1S/C13H21N3O/c1-5-11(9(2)3)16-13(17)10-6-7-15-12(8-10)14-4/h6-9,11H,5H2,1-4H3,(H,14,15)(H,16,17). The van der Waals surface area contributed by atoms with Gasteiger partial charge in [-0.05, 0) is 24.5 Å². The molecule has 94 valence electrons. The number of nitrogens with one attached hydrogen (secondary N) is 2. The third kappa shape index (κ3) is 3.73. The lowest BCUT2D eigenvalue weighted by Crippen LogP contribution is -2.38. The molecule has 2 N–H and O–H groups in total. The van der Waals surface area contributed by atoms with Crippen molar-refractivity contribution in [1.82, 2.24) is 10.3 Å². The number of rotatable bonds is 5. The zero-order valence-electron chi connectivity index (χ0n) is 10.9. The lowest BCUT2D eigenvalue weighted by molar-refractivity contribution is 0.0924. The van der Waals surface area contributed by atoms with Crippen molar-refractivity contribution in [1.29, 1.82) is 0 Å². The van der Waals surface area contributed by atoms with E-state index >= 15 is 0 Å². The Labute approximate surface area is 103 Å². The predicted molar refractivity (Wildman–Crippen MR) is 70.2 cm³/mol. The zero-order chi connectivity index (χ0) is 12.8. The van der Waals surface area contributed by atoms with Gasteiger partial charge in [-0.3, -0.25) is 4.79 Å². The number of nitrogens with zero attached hydrogens (tertiary/aromatic N) is 1. The van der Waals surface area contributed by atoms with Crippen molar-refractivity contribution < 1.29 is 4.79 Å². The first-order valence-electron chi connectivity index (χ1n) is 6.03. The van der Waals surface area contributed by atoms with Crippen LogP contribution in [0.4, 0.5) is 5.82 Å². The van der Waals surface area contributed by atoms with Crippen molar-refractivity contribution in [2.75, 3.05) is 12.4 Å². The minimum Gasteiger partial charge on any atom is -0.373 e. The fraction of sp³-hybridized carbons (Fsp3) is 0.538. The molecule has 0 radical (unpaired) electrons. The molecule has 0 fully saturated rings. The van der Waals surface area contributed by atoms with E-state index in [1.807, 2.05) is 0 Å². The highest BCUT2D eigenvalue weighted by atomic mass is 16.1. The van der Waals surface area contributed by atoms with Gasteiger partial charge >= 0.3 is 0 Å². The molecule has 1 rings (SSSR count). The Kier molecular flexibility index (Phi) is 4.94. The van der Waals surface area contributed by atoms with Crippen LogP contribution in [0, 0.1) is 5.92 Å². The van der Waals surface area contributed by atoms with E-state index in [-0.39, 0.29) is 11.9 Å². The molecule has 1 aromatic heterocycles. The summed E-state index contributed by atoms with van der Waals surface area (Å²) >= 11 is 0. The quantitative estimate of drug-likeness (QED) is 0.823. The molecule has 4 heteroatoms. The molecular formula is C13H21N3O. The van der Waals surface area contributed by atoms with Crippen molar-refractivity contribution >= 4 is 11.7 Å². The van der Waals surface area contributed by atoms with Crippen molar-refractivity contribution in [3.8, 4) is 0 Å². The number of pyridine rings is 1. The highest BCUT2D eigenvalue weighted by molar-refractivity contribution is 5.94. The van der Waals surface area contributed by atoms with Gasteiger partial charge in [0.2, 0.25) is 0 Å². The average Bonchev–Trinajstić information content (AvgIpc) is 2.35. The summed E-state index contributed by atoms with van der Waals surface area (Å²) in [5.74, 6) is 1.11. The van der Waals surface area contributed by atoms with E-state index in [9.17, 15) is 4.79 Å². The number of hydrogen-bond acceptors (Lipinski definition) is 3.